The van der Waals surface area contributed by atoms with Crippen LogP contribution in [0.3, 0.4) is 0 Å². The van der Waals surface area contributed by atoms with E-state index < -0.39 is 0 Å². The largest absolute Gasteiger partial charge is 0.454 e. The Bertz CT molecular complexity index is 1250. The van der Waals surface area contributed by atoms with Crippen LogP contribution in [0.2, 0.25) is 5.02 Å². The molecule has 0 bridgehead atoms. The third-order valence-corrected chi connectivity index (χ3v) is 7.78. The number of thioether (sulfide) groups is 1. The molecule has 2 aliphatic rings. The predicted octanol–water partition coefficient (Wildman–Crippen LogP) is 4.47. The van der Waals surface area contributed by atoms with Gasteiger partial charge in [0.25, 0.3) is 5.56 Å². The van der Waals surface area contributed by atoms with Gasteiger partial charge in [-0.2, -0.15) is 0 Å². The number of carbonyl (C=O) groups is 1. The third kappa shape index (κ3) is 3.79. The molecule has 1 aliphatic heterocycles. The molecule has 0 radical (unpaired) electrons. The zero-order valence-corrected chi connectivity index (χ0v) is 19.2. The quantitative estimate of drug-likeness (QED) is 0.416. The van der Waals surface area contributed by atoms with Gasteiger partial charge in [-0.15, -0.1) is 11.3 Å². The number of hydrogen-bond donors (Lipinski definition) is 1. The fourth-order valence-electron chi connectivity index (χ4n) is 3.92. The number of thiophene rings is 1. The lowest BCUT2D eigenvalue weighted by Gasteiger charge is -2.12. The lowest BCUT2D eigenvalue weighted by Crippen LogP contribution is -2.24. The smallest absolute Gasteiger partial charge is 0.263 e. The maximum absolute atomic E-state index is 13.2. The van der Waals surface area contributed by atoms with Crippen LogP contribution in [0.5, 0.6) is 11.5 Å². The second-order valence-corrected chi connectivity index (χ2v) is 9.84. The first kappa shape index (κ1) is 20.7. The topological polar surface area (TPSA) is 82.5 Å². The van der Waals surface area contributed by atoms with E-state index in [-0.39, 0.29) is 24.0 Å². The van der Waals surface area contributed by atoms with Gasteiger partial charge in [-0.05, 0) is 31.2 Å². The first-order valence-corrected chi connectivity index (χ1v) is 12.3. The molecule has 0 atom stereocenters. The highest BCUT2D eigenvalue weighted by atomic mass is 35.5. The molecular formula is C21H20ClN3O4S2. The van der Waals surface area contributed by atoms with Gasteiger partial charge >= 0.3 is 0 Å². The minimum atomic E-state index is -0.239. The van der Waals surface area contributed by atoms with E-state index in [1.54, 1.807) is 28.0 Å². The fourth-order valence-corrected chi connectivity index (χ4v) is 6.25. The molecule has 0 fully saturated rings. The van der Waals surface area contributed by atoms with E-state index in [2.05, 4.69) is 5.32 Å². The molecule has 10 heteroatoms. The minimum Gasteiger partial charge on any atom is -0.454 e. The molecule has 0 saturated heterocycles. The van der Waals surface area contributed by atoms with Crippen LogP contribution in [0, 0.1) is 0 Å². The summed E-state index contributed by atoms with van der Waals surface area (Å²) in [5, 5.41) is 4.52. The van der Waals surface area contributed by atoms with Gasteiger partial charge in [-0.3, -0.25) is 14.2 Å². The average Bonchev–Trinajstić information content (AvgIpc) is 3.44. The van der Waals surface area contributed by atoms with Crippen molar-refractivity contribution in [3.63, 3.8) is 0 Å². The van der Waals surface area contributed by atoms with Crippen LogP contribution in [0.1, 0.15) is 30.2 Å². The number of rotatable bonds is 6. The van der Waals surface area contributed by atoms with Crippen LogP contribution >= 0.6 is 34.7 Å². The Morgan fingerprint density at radius 2 is 2.13 bits per heavy atom. The lowest BCUT2D eigenvalue weighted by molar-refractivity contribution is -0.113. The molecule has 0 unspecified atom stereocenters. The number of anilines is 1. The van der Waals surface area contributed by atoms with Crippen molar-refractivity contribution in [3.8, 4) is 11.5 Å². The van der Waals surface area contributed by atoms with Gasteiger partial charge in [0.05, 0.1) is 21.8 Å². The van der Waals surface area contributed by atoms with Crippen molar-refractivity contribution in [2.75, 3.05) is 17.9 Å². The SMILES string of the molecule is CCCn1c(SCC(=O)Nc2cc3c(cc2Cl)OCO3)nc2sc3c(c2c1=O)CCC3. The molecule has 162 valence electrons. The number of aromatic nitrogens is 2. The summed E-state index contributed by atoms with van der Waals surface area (Å²) < 4.78 is 12.3. The number of hydrogen-bond acceptors (Lipinski definition) is 7. The van der Waals surface area contributed by atoms with Crippen molar-refractivity contribution >= 4 is 56.5 Å². The summed E-state index contributed by atoms with van der Waals surface area (Å²) in [5.41, 5.74) is 1.64. The van der Waals surface area contributed by atoms with Crippen LogP contribution in [0.15, 0.2) is 22.1 Å². The van der Waals surface area contributed by atoms with Crippen molar-refractivity contribution < 1.29 is 14.3 Å². The van der Waals surface area contributed by atoms with Crippen LogP contribution < -0.4 is 20.3 Å². The third-order valence-electron chi connectivity index (χ3n) is 5.31. The molecule has 1 aliphatic carbocycles. The molecule has 0 saturated carbocycles. The number of nitrogens with one attached hydrogen (secondary N) is 1. The molecular weight excluding hydrogens is 458 g/mol. The molecule has 1 amide bonds. The van der Waals surface area contributed by atoms with Crippen molar-refractivity contribution in [2.24, 2.45) is 0 Å². The number of halogens is 1. The van der Waals surface area contributed by atoms with E-state index in [9.17, 15) is 9.59 Å². The normalized spacial score (nSPS) is 14.3. The van der Waals surface area contributed by atoms with Gasteiger partial charge in [0, 0.05) is 23.6 Å². The highest BCUT2D eigenvalue weighted by Crippen LogP contribution is 2.39. The Balaban J connectivity index is 1.37. The Morgan fingerprint density at radius 1 is 1.32 bits per heavy atom. The van der Waals surface area contributed by atoms with E-state index in [1.165, 1.54) is 22.2 Å². The van der Waals surface area contributed by atoms with E-state index in [0.717, 1.165) is 35.9 Å². The van der Waals surface area contributed by atoms with E-state index in [4.69, 9.17) is 26.1 Å². The Labute approximate surface area is 191 Å². The second-order valence-electron chi connectivity index (χ2n) is 7.41. The summed E-state index contributed by atoms with van der Waals surface area (Å²) in [5.74, 6) is 0.970. The van der Waals surface area contributed by atoms with Crippen molar-refractivity contribution in [1.29, 1.82) is 0 Å². The second kappa shape index (κ2) is 8.37. The zero-order valence-electron chi connectivity index (χ0n) is 16.8. The summed E-state index contributed by atoms with van der Waals surface area (Å²) in [4.78, 5) is 32.6. The maximum atomic E-state index is 13.2. The zero-order chi connectivity index (χ0) is 21.5. The van der Waals surface area contributed by atoms with Gasteiger partial charge < -0.3 is 14.8 Å². The molecule has 2 aromatic heterocycles. The number of aryl methyl sites for hydroxylation is 2. The molecule has 5 rings (SSSR count). The van der Waals surface area contributed by atoms with Gasteiger partial charge in [-0.1, -0.05) is 30.3 Å². The van der Waals surface area contributed by atoms with Crippen molar-refractivity contribution in [1.82, 2.24) is 9.55 Å². The number of fused-ring (bicyclic) bond motifs is 4. The number of benzene rings is 1. The summed E-state index contributed by atoms with van der Waals surface area (Å²) in [6, 6.07) is 3.27. The van der Waals surface area contributed by atoms with E-state index >= 15 is 0 Å². The number of amides is 1. The molecule has 3 heterocycles. The van der Waals surface area contributed by atoms with Gasteiger partial charge in [0.15, 0.2) is 16.7 Å². The van der Waals surface area contributed by atoms with Crippen LogP contribution in [0.4, 0.5) is 5.69 Å². The Hall–Kier alpha value is -2.23. The number of nitrogens with zero attached hydrogens (tertiary/aromatic N) is 2. The standard InChI is InChI=1S/C21H20ClN3O4S2/c1-2-6-25-20(27)18-11-4-3-5-16(11)31-19(18)24-21(25)30-9-17(26)23-13-8-15-14(7-12(13)22)28-10-29-15/h7-8H,2-6,9-10H2,1H3,(H,23,26). The molecule has 31 heavy (non-hydrogen) atoms. The molecule has 1 aromatic carbocycles. The van der Waals surface area contributed by atoms with Gasteiger partial charge in [0.2, 0.25) is 12.7 Å². The number of carbonyl (C=O) groups excluding carboxylic acids is 1. The lowest BCUT2D eigenvalue weighted by atomic mass is 10.2. The average molecular weight is 478 g/mol. The predicted molar refractivity (Wildman–Crippen MR) is 123 cm³/mol. The van der Waals surface area contributed by atoms with Crippen LogP contribution in [0.25, 0.3) is 10.2 Å². The summed E-state index contributed by atoms with van der Waals surface area (Å²) in [6.45, 7) is 2.73. The first-order valence-electron chi connectivity index (χ1n) is 10.1. The monoisotopic (exact) mass is 477 g/mol. The first-order chi connectivity index (χ1) is 15.0. The molecule has 7 nitrogen and oxygen atoms in total. The van der Waals surface area contributed by atoms with Crippen LogP contribution in [-0.2, 0) is 24.2 Å². The summed E-state index contributed by atoms with van der Waals surface area (Å²) in [6.07, 6.45) is 3.88. The van der Waals surface area contributed by atoms with Gasteiger partial charge in [0.1, 0.15) is 4.83 Å². The van der Waals surface area contributed by atoms with Crippen molar-refractivity contribution in [3.05, 3.63) is 37.9 Å². The highest BCUT2D eigenvalue weighted by Gasteiger charge is 2.24. The fraction of sp³-hybridized carbons (Fsp3) is 0.381. The summed E-state index contributed by atoms with van der Waals surface area (Å²) >= 11 is 9.12. The maximum Gasteiger partial charge on any atom is 0.263 e. The van der Waals surface area contributed by atoms with E-state index in [0.29, 0.717) is 33.9 Å². The van der Waals surface area contributed by atoms with Gasteiger partial charge in [-0.25, -0.2) is 4.98 Å². The van der Waals surface area contributed by atoms with E-state index in [1.807, 2.05) is 6.92 Å². The molecule has 3 aromatic rings. The highest BCUT2D eigenvalue weighted by molar-refractivity contribution is 7.99. The van der Waals surface area contributed by atoms with Crippen LogP contribution in [-0.4, -0.2) is 28.0 Å². The Kier molecular flexibility index (Phi) is 5.58. The van der Waals surface area contributed by atoms with Crippen molar-refractivity contribution in [2.45, 2.75) is 44.3 Å². The summed E-state index contributed by atoms with van der Waals surface area (Å²) in [7, 11) is 0. The molecule has 0 spiro atoms. The molecule has 1 N–H and O–H groups in total. The minimum absolute atomic E-state index is 0.00738. The number of ether oxygens (including phenoxy) is 2. The Morgan fingerprint density at radius 3 is 2.94 bits per heavy atom.